The highest BCUT2D eigenvalue weighted by Gasteiger charge is 2.57. The van der Waals surface area contributed by atoms with Crippen LogP contribution in [0.15, 0.2) is 30.3 Å². The molecule has 7 rings (SSSR count). The van der Waals surface area contributed by atoms with Crippen molar-refractivity contribution in [2.45, 2.75) is 63.5 Å². The van der Waals surface area contributed by atoms with Crippen molar-refractivity contribution in [1.82, 2.24) is 20.1 Å². The number of fused-ring (bicyclic) bond motifs is 8. The summed E-state index contributed by atoms with van der Waals surface area (Å²) in [7, 11) is 6.60. The average Bonchev–Trinajstić information content (AvgIpc) is 3.11. The number of amides is 1. The number of pyridine rings is 1. The molecule has 0 unspecified atom stereocenters. The number of phenols is 2. The van der Waals surface area contributed by atoms with E-state index in [1.807, 2.05) is 14.0 Å². The molecule has 4 aromatic rings. The summed E-state index contributed by atoms with van der Waals surface area (Å²) in [4.78, 5) is 22.5. The lowest BCUT2D eigenvalue weighted by molar-refractivity contribution is -0.0724. The first kappa shape index (κ1) is 34.6. The number of aromatic nitrogens is 1. The van der Waals surface area contributed by atoms with E-state index in [1.54, 1.807) is 51.5 Å². The highest BCUT2D eigenvalue weighted by Crippen LogP contribution is 2.58. The third kappa shape index (κ3) is 5.13. The van der Waals surface area contributed by atoms with Crippen LogP contribution in [0, 0.1) is 25.2 Å². The van der Waals surface area contributed by atoms with Crippen LogP contribution in [-0.4, -0.2) is 89.1 Å². The Morgan fingerprint density at radius 1 is 0.980 bits per heavy atom. The predicted octanol–water partition coefficient (Wildman–Crippen LogP) is 4.64. The summed E-state index contributed by atoms with van der Waals surface area (Å²) >= 11 is 6.15. The third-order valence-corrected chi connectivity index (χ3v) is 11.4. The monoisotopic (exact) mass is 713 g/mol. The van der Waals surface area contributed by atoms with Crippen molar-refractivity contribution in [3.63, 3.8) is 0 Å². The van der Waals surface area contributed by atoms with E-state index in [9.17, 15) is 25.4 Å². The lowest BCUT2D eigenvalue weighted by Crippen LogP contribution is -2.68. The molecule has 3 aliphatic rings. The molecular formula is C38H40ClN5O7. The van der Waals surface area contributed by atoms with Crippen LogP contribution in [0.3, 0.4) is 0 Å². The lowest BCUT2D eigenvalue weighted by atomic mass is 9.71. The van der Waals surface area contributed by atoms with Gasteiger partial charge >= 0.3 is 0 Å². The van der Waals surface area contributed by atoms with Crippen molar-refractivity contribution in [3.8, 4) is 34.8 Å². The topological polar surface area (TPSA) is 161 Å². The van der Waals surface area contributed by atoms with Gasteiger partial charge in [-0.3, -0.25) is 14.6 Å². The molecule has 266 valence electrons. The normalized spacial score (nSPS) is 22.4. The number of benzene rings is 3. The molecule has 51 heavy (non-hydrogen) atoms. The lowest BCUT2D eigenvalue weighted by Gasteiger charge is -2.60. The van der Waals surface area contributed by atoms with Gasteiger partial charge in [0.05, 0.1) is 51.6 Å². The van der Waals surface area contributed by atoms with Crippen LogP contribution in [0.1, 0.15) is 61.5 Å². The standard InChI is InChI=1S/C38H40ClN5O7/c1-17-23(16-45)33(46)30-21(35(17)49-4)13-27-32-31-22(36(50-5)18(2)37(51-6)34(31)47)12-26(43(32)3)28(14-40)44(27)29(30)15-41-38(48)25-9-7-19-11-20(39)8-10-24(19)42-25/h7-11,26-29,32,45-47H,12-13,15-16H2,1-6H3,(H,41,48)/t26-,27+,28+,29+,32+/m1/s1. The number of likely N-dealkylation sites (N-methyl/N-ethyl adjacent to an activating group) is 1. The predicted molar refractivity (Wildman–Crippen MR) is 190 cm³/mol. The highest BCUT2D eigenvalue weighted by atomic mass is 35.5. The van der Waals surface area contributed by atoms with E-state index < -0.39 is 36.7 Å². The van der Waals surface area contributed by atoms with Crippen molar-refractivity contribution in [3.05, 3.63) is 80.0 Å². The number of hydrogen-bond donors (Lipinski definition) is 4. The summed E-state index contributed by atoms with van der Waals surface area (Å²) < 4.78 is 17.6. The summed E-state index contributed by atoms with van der Waals surface area (Å²) in [5.41, 5.74) is 5.03. The number of nitrogens with one attached hydrogen (secondary N) is 1. The number of piperazine rings is 1. The van der Waals surface area contributed by atoms with Crippen LogP contribution in [0.4, 0.5) is 0 Å². The molecule has 0 radical (unpaired) electrons. The maximum Gasteiger partial charge on any atom is 0.269 e. The van der Waals surface area contributed by atoms with Crippen molar-refractivity contribution < 1.29 is 34.3 Å². The molecule has 2 bridgehead atoms. The second kappa shape index (κ2) is 13.1. The number of aromatic hydroxyl groups is 2. The number of carbonyl (C=O) groups is 1. The van der Waals surface area contributed by atoms with Gasteiger partial charge < -0.3 is 34.8 Å². The molecule has 5 atom stereocenters. The quantitative estimate of drug-likeness (QED) is 0.211. The van der Waals surface area contributed by atoms with E-state index in [2.05, 4.69) is 26.2 Å². The van der Waals surface area contributed by atoms with Crippen molar-refractivity contribution in [1.29, 1.82) is 5.26 Å². The molecule has 4 N–H and O–H groups in total. The van der Waals surface area contributed by atoms with Gasteiger partial charge in [0.25, 0.3) is 5.91 Å². The summed E-state index contributed by atoms with van der Waals surface area (Å²) in [6.45, 7) is 3.18. The smallest absolute Gasteiger partial charge is 0.269 e. The van der Waals surface area contributed by atoms with Crippen molar-refractivity contribution >= 4 is 28.4 Å². The fourth-order valence-corrected chi connectivity index (χ4v) is 9.12. The van der Waals surface area contributed by atoms with E-state index >= 15 is 0 Å². The van der Waals surface area contributed by atoms with Gasteiger partial charge in [-0.2, -0.15) is 5.26 Å². The van der Waals surface area contributed by atoms with Crippen molar-refractivity contribution in [2.24, 2.45) is 0 Å². The maximum atomic E-state index is 13.8. The number of halogens is 1. The zero-order valence-corrected chi connectivity index (χ0v) is 30.0. The number of aliphatic hydroxyl groups excluding tert-OH is 1. The van der Waals surface area contributed by atoms with Gasteiger partial charge in [-0.25, -0.2) is 4.98 Å². The second-order valence-electron chi connectivity index (χ2n) is 13.4. The van der Waals surface area contributed by atoms with E-state index in [4.69, 9.17) is 25.8 Å². The Kier molecular flexibility index (Phi) is 8.88. The fourth-order valence-electron chi connectivity index (χ4n) is 8.93. The number of rotatable bonds is 7. The van der Waals surface area contributed by atoms with Gasteiger partial charge in [-0.1, -0.05) is 17.7 Å². The zero-order valence-electron chi connectivity index (χ0n) is 29.2. The molecule has 1 amide bonds. The SMILES string of the molecule is COc1c(C)c(OC)c2c(c1O)[C@@H]1[C@@H]3Cc4c(OC)c(C)c(CO)c(O)c4[C@H](CNC(=O)c4ccc5cc(Cl)ccc5n4)N3[C@@H](C#N)[C@@H](C2)N1C. The molecule has 4 heterocycles. The Labute approximate surface area is 300 Å². The fraction of sp³-hybridized carbons (Fsp3) is 0.395. The van der Waals surface area contributed by atoms with Gasteiger partial charge in [0, 0.05) is 68.0 Å². The Morgan fingerprint density at radius 2 is 1.65 bits per heavy atom. The molecule has 1 saturated heterocycles. The van der Waals surface area contributed by atoms with Crippen LogP contribution in [0.5, 0.6) is 28.7 Å². The zero-order chi connectivity index (χ0) is 36.5. The van der Waals surface area contributed by atoms with Crippen LogP contribution in [0.2, 0.25) is 5.02 Å². The number of phenolic OH excluding ortho intramolecular Hbond substituents is 1. The van der Waals surface area contributed by atoms with Gasteiger partial charge in [-0.15, -0.1) is 0 Å². The molecule has 1 fully saturated rings. The number of aliphatic hydroxyl groups is 1. The number of hydrogen-bond acceptors (Lipinski definition) is 11. The summed E-state index contributed by atoms with van der Waals surface area (Å²) in [5.74, 6) is 0.902. The number of nitrogens with zero attached hydrogens (tertiary/aromatic N) is 4. The van der Waals surface area contributed by atoms with Crippen LogP contribution in [0.25, 0.3) is 10.9 Å². The first-order valence-corrected chi connectivity index (χ1v) is 17.1. The van der Waals surface area contributed by atoms with Crippen LogP contribution >= 0.6 is 11.6 Å². The first-order valence-electron chi connectivity index (χ1n) is 16.7. The molecule has 3 aromatic carbocycles. The molecular weight excluding hydrogens is 674 g/mol. The largest absolute Gasteiger partial charge is 0.507 e. The molecule has 3 aliphatic heterocycles. The summed E-state index contributed by atoms with van der Waals surface area (Å²) in [6, 6.07) is 8.53. The maximum absolute atomic E-state index is 13.8. The van der Waals surface area contributed by atoms with Gasteiger partial charge in [0.1, 0.15) is 29.0 Å². The molecule has 1 aromatic heterocycles. The van der Waals surface area contributed by atoms with Crippen molar-refractivity contribution in [2.75, 3.05) is 34.9 Å². The van der Waals surface area contributed by atoms with E-state index in [0.717, 1.165) is 10.9 Å². The van der Waals surface area contributed by atoms with E-state index in [-0.39, 0.29) is 29.8 Å². The number of carbonyl (C=O) groups excluding carboxylic acids is 1. The van der Waals surface area contributed by atoms with Crippen LogP contribution < -0.4 is 19.5 Å². The minimum absolute atomic E-state index is 0.00593. The van der Waals surface area contributed by atoms with Gasteiger partial charge in [-0.05, 0) is 58.0 Å². The molecule has 13 heteroatoms. The Balaban J connectivity index is 1.40. The molecule has 12 nitrogen and oxygen atoms in total. The molecule has 0 saturated carbocycles. The third-order valence-electron chi connectivity index (χ3n) is 11.1. The minimum atomic E-state index is -0.733. The number of nitriles is 1. The molecule has 0 aliphatic carbocycles. The van der Waals surface area contributed by atoms with Gasteiger partial charge in [0.15, 0.2) is 11.5 Å². The first-order chi connectivity index (χ1) is 24.5. The van der Waals surface area contributed by atoms with E-state index in [1.165, 1.54) is 7.11 Å². The summed E-state index contributed by atoms with van der Waals surface area (Å²) in [5, 5.41) is 49.4. The Hall–Kier alpha value is -4.80. The van der Waals surface area contributed by atoms with Gasteiger partial charge in [0.2, 0.25) is 0 Å². The van der Waals surface area contributed by atoms with Crippen LogP contribution in [-0.2, 0) is 19.4 Å². The Morgan fingerprint density at radius 3 is 2.31 bits per heavy atom. The highest BCUT2D eigenvalue weighted by molar-refractivity contribution is 6.31. The number of ether oxygens (including phenoxy) is 3. The Bertz CT molecular complexity index is 2140. The van der Waals surface area contributed by atoms with E-state index in [0.29, 0.717) is 74.0 Å². The second-order valence-corrected chi connectivity index (χ2v) is 13.8. The molecule has 0 spiro atoms. The number of methoxy groups -OCH3 is 3. The minimum Gasteiger partial charge on any atom is -0.507 e. The average molecular weight is 714 g/mol. The summed E-state index contributed by atoms with van der Waals surface area (Å²) in [6.07, 6.45) is 0.725.